The summed E-state index contributed by atoms with van der Waals surface area (Å²) < 4.78 is 2.40. The van der Waals surface area contributed by atoms with Crippen molar-refractivity contribution in [1.29, 1.82) is 0 Å². The smallest absolute Gasteiger partial charge is 0.0932 e. The first kappa shape index (κ1) is 65.2. The average molecular weight is 1510 g/mol. The summed E-state index contributed by atoms with van der Waals surface area (Å²) in [4.78, 5) is 18.3. The third-order valence-corrected chi connectivity index (χ3v) is 22.9. The minimum Gasteiger partial charge on any atom is -0.359 e. The van der Waals surface area contributed by atoms with Gasteiger partial charge in [0.1, 0.15) is 0 Å². The van der Waals surface area contributed by atoms with Crippen molar-refractivity contribution < 1.29 is 40.2 Å². The average Bonchev–Trinajstić information content (AvgIpc) is 2.23. The number of benzene rings is 6. The van der Waals surface area contributed by atoms with E-state index in [1.807, 2.05) is 84.9 Å². The molecule has 0 N–H and O–H groups in total. The number of aromatic nitrogens is 5. The van der Waals surface area contributed by atoms with Gasteiger partial charge in [-0.3, -0.25) is 0 Å². The fourth-order valence-corrected chi connectivity index (χ4v) is 17.5. The molecule has 5 nitrogen and oxygen atoms in total. The van der Waals surface area contributed by atoms with Gasteiger partial charge in [-0.1, -0.05) is 192 Å². The summed E-state index contributed by atoms with van der Waals surface area (Å²) in [6.45, 7) is 31.8. The molecule has 0 unspecified atom stereocenters. The minimum absolute atomic E-state index is 0. The second-order valence-corrected chi connectivity index (χ2v) is 39.3. The molecule has 1 aliphatic rings. The van der Waals surface area contributed by atoms with E-state index in [9.17, 15) is 0 Å². The molecule has 0 aliphatic carbocycles. The maximum Gasteiger partial charge on any atom is 0.0932 e. The van der Waals surface area contributed by atoms with E-state index >= 15 is 0 Å². The number of rotatable bonds is 11. The van der Waals surface area contributed by atoms with Gasteiger partial charge in [0.15, 0.2) is 0 Å². The molecule has 0 saturated heterocycles. The molecule has 434 valence electrons. The first-order valence-corrected chi connectivity index (χ1v) is 39.2. The van der Waals surface area contributed by atoms with Gasteiger partial charge in [0.25, 0.3) is 0 Å². The van der Waals surface area contributed by atoms with Crippen molar-refractivity contribution >= 4 is 66.8 Å². The van der Waals surface area contributed by atoms with E-state index in [1.165, 1.54) is 59.6 Å². The van der Waals surface area contributed by atoms with E-state index < -0.39 is 24.2 Å². The summed E-state index contributed by atoms with van der Waals surface area (Å²) in [5.41, 5.74) is 16.7. The predicted molar refractivity (Wildman–Crippen MR) is 358 cm³/mol. The zero-order valence-electron chi connectivity index (χ0n) is 51.2. The zero-order valence-corrected chi connectivity index (χ0v) is 58.9. The van der Waals surface area contributed by atoms with Crippen LogP contribution in [0.1, 0.15) is 45.7 Å². The number of fused-ring (bicyclic) bond motifs is 6. The summed E-state index contributed by atoms with van der Waals surface area (Å²) >= 11 is 0. The minimum atomic E-state index is -1.67. The van der Waals surface area contributed by atoms with Gasteiger partial charge >= 0.3 is 0 Å². The van der Waals surface area contributed by atoms with Crippen LogP contribution in [0.25, 0.3) is 78.0 Å². The van der Waals surface area contributed by atoms with Crippen molar-refractivity contribution in [1.82, 2.24) is 24.5 Å². The van der Waals surface area contributed by atoms with Crippen molar-refractivity contribution in [2.45, 2.75) is 106 Å². The van der Waals surface area contributed by atoms with Crippen molar-refractivity contribution in [2.75, 3.05) is 0 Å². The molecule has 0 atom stereocenters. The standard InChI is InChI=1S/C26H31N2Si.C26H32NSi2.2C11H8N.2Ir/c1-7-28-24-11-9-8-10-21(24)22-13-12-19(16-25(22)28)23-15-20(14-18(2)3)26(17-27-23)29(4,5)6;1-18(2)14-20-15-23(27-17-26(20)28(3,4)5)19-12-13-22-21-10-8-9-11-24(21)29(6,7)25(22)16-19;2*1-2-6-10(7-3-1)11-8-4-5-9-12-11;;/h8-11,13,15-18H,7,14H2,1-6H3;8-11,13,15-18H,14H2,1-7H3;2*1-6,8-9H;;/q4*-1;;. The number of nitrogens with zero attached hydrogens (tertiary/aromatic N) is 5. The topological polar surface area (TPSA) is 56.5 Å². The summed E-state index contributed by atoms with van der Waals surface area (Å²) in [6.07, 6.45) is 10.1. The van der Waals surface area contributed by atoms with Gasteiger partial charge in [-0.05, 0) is 93.9 Å². The van der Waals surface area contributed by atoms with Gasteiger partial charge in [-0.15, -0.1) is 125 Å². The van der Waals surface area contributed by atoms with Crippen LogP contribution in [0.4, 0.5) is 0 Å². The van der Waals surface area contributed by atoms with E-state index in [4.69, 9.17) is 9.97 Å². The number of pyridine rings is 4. The zero-order chi connectivity index (χ0) is 58.2. The molecule has 84 heavy (non-hydrogen) atoms. The first-order valence-electron chi connectivity index (χ1n) is 29.2. The maximum atomic E-state index is 4.92. The third-order valence-electron chi connectivity index (χ3n) is 15.2. The number of aryl methyl sites for hydroxylation is 1. The quantitative estimate of drug-likeness (QED) is 0.0956. The summed E-state index contributed by atoms with van der Waals surface area (Å²) in [7, 11) is -4.51. The third kappa shape index (κ3) is 15.4. The van der Waals surface area contributed by atoms with Gasteiger partial charge in [0.05, 0.1) is 24.2 Å². The number of hydrogen-bond donors (Lipinski definition) is 0. The Balaban J connectivity index is 0.000000172. The van der Waals surface area contributed by atoms with Crippen LogP contribution < -0.4 is 20.7 Å². The molecule has 6 aromatic carbocycles. The number of hydrogen-bond acceptors (Lipinski definition) is 4. The first-order chi connectivity index (χ1) is 39.3. The Morgan fingerprint density at radius 3 is 1.43 bits per heavy atom. The summed E-state index contributed by atoms with van der Waals surface area (Å²) in [5, 5.41) is 8.62. The normalized spacial score (nSPS) is 12.1. The van der Waals surface area contributed by atoms with Crippen LogP contribution in [0.3, 0.4) is 0 Å². The van der Waals surface area contributed by atoms with Crippen LogP contribution in [-0.4, -0.2) is 48.7 Å². The Labute approximate surface area is 531 Å². The second-order valence-electron chi connectivity index (χ2n) is 24.9. The van der Waals surface area contributed by atoms with E-state index in [0.717, 1.165) is 64.4 Å². The van der Waals surface area contributed by atoms with Crippen LogP contribution in [0.2, 0.25) is 52.4 Å². The van der Waals surface area contributed by atoms with Gasteiger partial charge in [-0.2, -0.15) is 0 Å². The maximum absolute atomic E-state index is 4.92. The van der Waals surface area contributed by atoms with E-state index in [-0.39, 0.29) is 40.2 Å². The monoisotopic (exact) mass is 1510 g/mol. The van der Waals surface area contributed by atoms with Crippen LogP contribution in [0.15, 0.2) is 195 Å². The molecule has 0 spiro atoms. The molecule has 0 bridgehead atoms. The molecule has 2 radical (unpaired) electrons. The van der Waals surface area contributed by atoms with Gasteiger partial charge < -0.3 is 24.5 Å². The SMILES string of the molecule is CC(C)Cc1cc(-c2[c-]cc3c(c2)[Si](C)(C)c2ccccc2-3)ncc1[Si](C)(C)C.CCn1c2ccccc2c2c[c-]c(-c3cc(CC(C)C)c([Si](C)(C)C)cn3)cc21.[Ir].[Ir].[c-]1ccccc1-c1ccccn1.[c-]1ccccc1-c1ccccn1. The van der Waals surface area contributed by atoms with Crippen LogP contribution in [0, 0.1) is 36.1 Å². The Bertz CT molecular complexity index is 3760. The molecule has 12 rings (SSSR count). The molecule has 0 fully saturated rings. The molecule has 0 saturated carbocycles. The fourth-order valence-electron chi connectivity index (χ4n) is 11.3. The van der Waals surface area contributed by atoms with Gasteiger partial charge in [0.2, 0.25) is 0 Å². The summed E-state index contributed by atoms with van der Waals surface area (Å²) in [6, 6.07) is 72.0. The van der Waals surface area contributed by atoms with Crippen LogP contribution in [-0.2, 0) is 59.6 Å². The molecule has 10 heteroatoms. The molecule has 5 aromatic heterocycles. The molecule has 6 heterocycles. The van der Waals surface area contributed by atoms with Crippen molar-refractivity contribution in [3.05, 3.63) is 230 Å². The Hall–Kier alpha value is -6.33. The van der Waals surface area contributed by atoms with Crippen molar-refractivity contribution in [2.24, 2.45) is 11.8 Å². The largest absolute Gasteiger partial charge is 0.359 e. The number of para-hydroxylation sites is 1. The second kappa shape index (κ2) is 28.7. The van der Waals surface area contributed by atoms with E-state index in [2.05, 4.69) is 223 Å². The fraction of sp³-hybridized carbons (Fsp3) is 0.243. The molecule has 1 aliphatic heterocycles. The van der Waals surface area contributed by atoms with Crippen molar-refractivity contribution in [3.63, 3.8) is 0 Å². The van der Waals surface area contributed by atoms with Crippen molar-refractivity contribution in [3.8, 4) is 56.2 Å². The molecular weight excluding hydrogens is 1430 g/mol. The Morgan fingerprint density at radius 1 is 0.452 bits per heavy atom. The van der Waals surface area contributed by atoms with Gasteiger partial charge in [-0.25, -0.2) is 0 Å². The summed E-state index contributed by atoms with van der Waals surface area (Å²) in [5.74, 6) is 1.28. The molecule has 11 aromatic rings. The predicted octanol–water partition coefficient (Wildman–Crippen LogP) is 16.6. The molecule has 0 amide bonds. The Morgan fingerprint density at radius 2 is 0.940 bits per heavy atom. The van der Waals surface area contributed by atoms with E-state index in [0.29, 0.717) is 11.8 Å². The van der Waals surface area contributed by atoms with E-state index in [1.54, 1.807) is 17.6 Å². The van der Waals surface area contributed by atoms with Crippen LogP contribution >= 0.6 is 0 Å². The van der Waals surface area contributed by atoms with Gasteiger partial charge in [0, 0.05) is 77.1 Å². The Kier molecular flexibility index (Phi) is 22.3. The van der Waals surface area contributed by atoms with Crippen LogP contribution in [0.5, 0.6) is 0 Å². The molecular formula is C74H79Ir2N5Si3-4.